The lowest BCUT2D eigenvalue weighted by atomic mass is 10.1. The molecule has 0 amide bonds. The van der Waals surface area contributed by atoms with Crippen molar-refractivity contribution in [2.45, 2.75) is 57.8 Å². The van der Waals surface area contributed by atoms with Crippen molar-refractivity contribution in [3.8, 4) is 0 Å². The third-order valence-electron chi connectivity index (χ3n) is 2.54. The van der Waals surface area contributed by atoms with Crippen LogP contribution in [-0.4, -0.2) is 25.4 Å². The third kappa shape index (κ3) is 18.4. The molecule has 17 heavy (non-hydrogen) atoms. The zero-order valence-electron chi connectivity index (χ0n) is 10.5. The van der Waals surface area contributed by atoms with Crippen LogP contribution in [-0.2, 0) is 10.1 Å². The molecule has 0 heterocycles. The van der Waals surface area contributed by atoms with Crippen LogP contribution in [0.5, 0.6) is 0 Å². The molecule has 6 heteroatoms. The average molecular weight is 271 g/mol. The van der Waals surface area contributed by atoms with Crippen molar-refractivity contribution in [2.75, 3.05) is 12.4 Å². The van der Waals surface area contributed by atoms with Gasteiger partial charge in [-0.05, 0) is 12.8 Å². The first-order valence-electron chi connectivity index (χ1n) is 6.07. The summed E-state index contributed by atoms with van der Waals surface area (Å²) in [5, 5.41) is 0. The smallest absolute Gasteiger partial charge is 0.264 e. The van der Waals surface area contributed by atoms with Crippen LogP contribution in [0.15, 0.2) is 0 Å². The summed E-state index contributed by atoms with van der Waals surface area (Å²) in [6.45, 7) is -0.213. The van der Waals surface area contributed by atoms with Gasteiger partial charge < -0.3 is 6.15 Å². The van der Waals surface area contributed by atoms with E-state index in [4.69, 9.17) is 4.55 Å². The monoisotopic (exact) mass is 271 g/mol. The van der Waals surface area contributed by atoms with Gasteiger partial charge in [-0.2, -0.15) is 8.42 Å². The Morgan fingerprint density at radius 1 is 0.765 bits per heavy atom. The molecule has 106 valence electrons. The minimum atomic E-state index is -3.77. The van der Waals surface area contributed by atoms with Gasteiger partial charge in [-0.3, -0.25) is 8.94 Å². The van der Waals surface area contributed by atoms with Gasteiger partial charge in [0.1, 0.15) is 0 Å². The lowest BCUT2D eigenvalue weighted by Gasteiger charge is -2.01. The molecule has 4 nitrogen and oxygen atoms in total. The van der Waals surface area contributed by atoms with E-state index < -0.39 is 10.1 Å². The highest BCUT2D eigenvalue weighted by atomic mass is 32.2. The molecule has 0 radical (unpaired) electrons. The molecule has 0 aromatic rings. The molecule has 0 unspecified atom stereocenters. The Hall–Kier alpha value is -0.200. The summed E-state index contributed by atoms with van der Waals surface area (Å²) in [4.78, 5) is 0. The van der Waals surface area contributed by atoms with Crippen LogP contribution in [0.4, 0.5) is 4.39 Å². The lowest BCUT2D eigenvalue weighted by Crippen LogP contribution is -2.03. The standard InChI is InChI=1S/C11H23FO3S.H3N/c12-10-8-6-4-2-1-3-5-7-9-11-16(13,14)15;/h1-11H2,(H,13,14,15);1H3. The zero-order chi connectivity index (χ0) is 12.3. The second-order valence-electron chi connectivity index (χ2n) is 4.16. The largest absolute Gasteiger partial charge is 0.344 e. The first kappa shape index (κ1) is 19.1. The minimum Gasteiger partial charge on any atom is -0.344 e. The highest BCUT2D eigenvalue weighted by Gasteiger charge is 2.02. The third-order valence-corrected chi connectivity index (χ3v) is 3.34. The summed E-state index contributed by atoms with van der Waals surface area (Å²) in [5.41, 5.74) is 0. The van der Waals surface area contributed by atoms with Crippen LogP contribution < -0.4 is 6.15 Å². The van der Waals surface area contributed by atoms with E-state index in [1.54, 1.807) is 0 Å². The molecule has 4 N–H and O–H groups in total. The van der Waals surface area contributed by atoms with Crippen molar-refractivity contribution in [1.29, 1.82) is 0 Å². The fraction of sp³-hybridized carbons (Fsp3) is 1.00. The minimum absolute atomic E-state index is 0. The molecule has 0 spiro atoms. The Morgan fingerprint density at radius 3 is 1.47 bits per heavy atom. The van der Waals surface area contributed by atoms with E-state index in [0.29, 0.717) is 12.8 Å². The summed E-state index contributed by atoms with van der Waals surface area (Å²) in [7, 11) is -3.77. The zero-order valence-corrected chi connectivity index (χ0v) is 11.4. The number of unbranched alkanes of at least 4 members (excludes halogenated alkanes) is 8. The van der Waals surface area contributed by atoms with E-state index in [1.165, 1.54) is 0 Å². The Bertz CT molecular complexity index is 245. The molecular weight excluding hydrogens is 245 g/mol. The van der Waals surface area contributed by atoms with Gasteiger partial charge in [0.15, 0.2) is 0 Å². The molecular formula is C11H26FNO3S. The van der Waals surface area contributed by atoms with E-state index in [-0.39, 0.29) is 18.6 Å². The summed E-state index contributed by atoms with van der Waals surface area (Å²) >= 11 is 0. The number of hydrogen-bond acceptors (Lipinski definition) is 3. The molecule has 0 saturated heterocycles. The van der Waals surface area contributed by atoms with Crippen LogP contribution in [0.3, 0.4) is 0 Å². The summed E-state index contributed by atoms with van der Waals surface area (Å²) < 4.78 is 41.0. The average Bonchev–Trinajstić information content (AvgIpc) is 2.19. The quantitative estimate of drug-likeness (QED) is 0.444. The Kier molecular flexibility index (Phi) is 13.8. The van der Waals surface area contributed by atoms with Gasteiger partial charge in [0, 0.05) is 0 Å². The van der Waals surface area contributed by atoms with E-state index in [9.17, 15) is 12.8 Å². The molecule has 0 rings (SSSR count). The van der Waals surface area contributed by atoms with Gasteiger partial charge in [0.25, 0.3) is 10.1 Å². The predicted molar refractivity (Wildman–Crippen MR) is 69.0 cm³/mol. The highest BCUT2D eigenvalue weighted by molar-refractivity contribution is 7.85. The van der Waals surface area contributed by atoms with Crippen molar-refractivity contribution in [2.24, 2.45) is 0 Å². The van der Waals surface area contributed by atoms with Crippen LogP contribution in [0.2, 0.25) is 0 Å². The Morgan fingerprint density at radius 2 is 1.12 bits per heavy atom. The molecule has 0 aliphatic rings. The molecule has 0 bridgehead atoms. The number of hydrogen-bond donors (Lipinski definition) is 2. The molecule has 0 aliphatic carbocycles. The van der Waals surface area contributed by atoms with Crippen LogP contribution in [0.25, 0.3) is 0 Å². The van der Waals surface area contributed by atoms with Gasteiger partial charge >= 0.3 is 0 Å². The van der Waals surface area contributed by atoms with Crippen molar-refractivity contribution in [3.63, 3.8) is 0 Å². The maximum absolute atomic E-state index is 11.7. The van der Waals surface area contributed by atoms with Crippen LogP contribution >= 0.6 is 0 Å². The predicted octanol–water partition coefficient (Wildman–Crippen LogP) is 3.52. The maximum Gasteiger partial charge on any atom is 0.264 e. The fourth-order valence-electron chi connectivity index (χ4n) is 1.62. The van der Waals surface area contributed by atoms with E-state index in [0.717, 1.165) is 44.9 Å². The van der Waals surface area contributed by atoms with E-state index >= 15 is 0 Å². The van der Waals surface area contributed by atoms with Gasteiger partial charge in [-0.1, -0.05) is 44.9 Å². The van der Waals surface area contributed by atoms with Crippen molar-refractivity contribution in [3.05, 3.63) is 0 Å². The first-order valence-corrected chi connectivity index (χ1v) is 7.68. The topological polar surface area (TPSA) is 89.4 Å². The van der Waals surface area contributed by atoms with Crippen molar-refractivity contribution >= 4 is 10.1 Å². The van der Waals surface area contributed by atoms with Gasteiger partial charge in [-0.25, -0.2) is 0 Å². The Balaban J connectivity index is 0. The summed E-state index contributed by atoms with van der Waals surface area (Å²) in [6, 6.07) is 0. The number of alkyl halides is 1. The second kappa shape index (κ2) is 12.3. The van der Waals surface area contributed by atoms with Crippen molar-refractivity contribution < 1.29 is 17.4 Å². The molecule has 0 aliphatic heterocycles. The summed E-state index contributed by atoms with van der Waals surface area (Å²) in [5.74, 6) is -0.122. The molecule has 0 atom stereocenters. The van der Waals surface area contributed by atoms with E-state index in [2.05, 4.69) is 0 Å². The molecule has 0 aromatic heterocycles. The SMILES string of the molecule is N.O=S(=O)(O)CCCCCCCCCCCF. The van der Waals surface area contributed by atoms with Gasteiger partial charge in [0.2, 0.25) is 0 Å². The summed E-state index contributed by atoms with van der Waals surface area (Å²) in [6.07, 6.45) is 8.52. The molecule has 0 aromatic carbocycles. The number of rotatable bonds is 11. The fourth-order valence-corrected chi connectivity index (χ4v) is 2.19. The van der Waals surface area contributed by atoms with Gasteiger partial charge in [-0.15, -0.1) is 0 Å². The van der Waals surface area contributed by atoms with Crippen LogP contribution in [0.1, 0.15) is 57.8 Å². The normalized spacial score (nSPS) is 11.2. The van der Waals surface area contributed by atoms with Crippen molar-refractivity contribution in [1.82, 2.24) is 6.15 Å². The Labute approximate surface area is 104 Å². The number of halogens is 1. The molecule has 0 saturated carbocycles. The lowest BCUT2D eigenvalue weighted by molar-refractivity contribution is 0.448. The maximum atomic E-state index is 11.7. The second-order valence-corrected chi connectivity index (χ2v) is 5.73. The van der Waals surface area contributed by atoms with Crippen LogP contribution in [0, 0.1) is 0 Å². The highest BCUT2D eigenvalue weighted by Crippen LogP contribution is 2.10. The van der Waals surface area contributed by atoms with E-state index in [1.807, 2.05) is 0 Å². The first-order chi connectivity index (χ1) is 7.56. The molecule has 0 fully saturated rings. The van der Waals surface area contributed by atoms with Gasteiger partial charge in [0.05, 0.1) is 12.4 Å².